The highest BCUT2D eigenvalue weighted by Crippen LogP contribution is 2.23. The summed E-state index contributed by atoms with van der Waals surface area (Å²) in [5, 5.41) is 0. The molecule has 6 heteroatoms. The summed E-state index contributed by atoms with van der Waals surface area (Å²) in [6.45, 7) is 0.708. The minimum absolute atomic E-state index is 0.199. The third kappa shape index (κ3) is 2.08. The van der Waals surface area contributed by atoms with Gasteiger partial charge in [0.15, 0.2) is 9.84 Å². The van der Waals surface area contributed by atoms with Crippen molar-refractivity contribution in [3.05, 3.63) is 24.5 Å². The number of nitrogen functional groups attached to an aromatic ring is 1. The van der Waals surface area contributed by atoms with E-state index in [1.807, 2.05) is 22.8 Å². The Morgan fingerprint density at radius 1 is 1.44 bits per heavy atom. The largest absolute Gasteiger partial charge is 0.399 e. The van der Waals surface area contributed by atoms with Crippen molar-refractivity contribution in [1.29, 1.82) is 0 Å². The molecular formula is C12H15N3O2S. The second kappa shape index (κ2) is 3.98. The van der Waals surface area contributed by atoms with Crippen molar-refractivity contribution >= 4 is 26.6 Å². The number of rotatable bonds is 2. The number of nitrogens with two attached hydrogens (primary N) is 1. The molecule has 0 saturated carbocycles. The third-order valence-corrected chi connectivity index (χ3v) is 5.26. The van der Waals surface area contributed by atoms with E-state index in [1.54, 1.807) is 6.33 Å². The van der Waals surface area contributed by atoms with E-state index in [9.17, 15) is 8.42 Å². The highest BCUT2D eigenvalue weighted by molar-refractivity contribution is 7.91. The van der Waals surface area contributed by atoms with Crippen LogP contribution in [-0.4, -0.2) is 29.5 Å². The molecule has 2 aromatic rings. The Kier molecular flexibility index (Phi) is 2.55. The highest BCUT2D eigenvalue weighted by atomic mass is 32.2. The summed E-state index contributed by atoms with van der Waals surface area (Å²) >= 11 is 0. The van der Waals surface area contributed by atoms with E-state index in [4.69, 9.17) is 5.73 Å². The molecule has 96 valence electrons. The first-order chi connectivity index (χ1) is 8.53. The molecule has 0 radical (unpaired) electrons. The van der Waals surface area contributed by atoms with Crippen LogP contribution in [0.2, 0.25) is 0 Å². The Balaban J connectivity index is 1.87. The van der Waals surface area contributed by atoms with Crippen LogP contribution in [0, 0.1) is 5.92 Å². The second-order valence-corrected chi connectivity index (χ2v) is 7.14. The topological polar surface area (TPSA) is 78.0 Å². The molecule has 1 fully saturated rings. The molecule has 3 rings (SSSR count). The Morgan fingerprint density at radius 2 is 2.28 bits per heavy atom. The highest BCUT2D eigenvalue weighted by Gasteiger charge is 2.28. The predicted molar refractivity (Wildman–Crippen MR) is 70.9 cm³/mol. The van der Waals surface area contributed by atoms with Crippen LogP contribution >= 0.6 is 0 Å². The van der Waals surface area contributed by atoms with Gasteiger partial charge in [-0.1, -0.05) is 0 Å². The third-order valence-electron chi connectivity index (χ3n) is 3.43. The van der Waals surface area contributed by atoms with E-state index in [1.165, 1.54) is 0 Å². The van der Waals surface area contributed by atoms with Crippen LogP contribution in [0.25, 0.3) is 11.0 Å². The fourth-order valence-electron chi connectivity index (χ4n) is 2.52. The van der Waals surface area contributed by atoms with Gasteiger partial charge in [0.2, 0.25) is 0 Å². The second-order valence-electron chi connectivity index (χ2n) is 4.91. The molecule has 0 aliphatic carbocycles. The van der Waals surface area contributed by atoms with Gasteiger partial charge in [-0.3, -0.25) is 0 Å². The van der Waals surface area contributed by atoms with Crippen molar-refractivity contribution in [2.45, 2.75) is 13.0 Å². The van der Waals surface area contributed by atoms with E-state index in [0.29, 0.717) is 23.7 Å². The summed E-state index contributed by atoms with van der Waals surface area (Å²) in [5.41, 5.74) is 8.26. The van der Waals surface area contributed by atoms with Crippen LogP contribution in [0.5, 0.6) is 0 Å². The van der Waals surface area contributed by atoms with Gasteiger partial charge in [0, 0.05) is 12.2 Å². The molecule has 0 spiro atoms. The number of hydrogen-bond acceptors (Lipinski definition) is 4. The molecule has 1 aromatic carbocycles. The van der Waals surface area contributed by atoms with Crippen LogP contribution in [0.15, 0.2) is 24.5 Å². The molecule has 1 atom stereocenters. The maximum Gasteiger partial charge on any atom is 0.150 e. The normalized spacial score (nSPS) is 22.6. The smallest absolute Gasteiger partial charge is 0.150 e. The van der Waals surface area contributed by atoms with Gasteiger partial charge in [0.25, 0.3) is 0 Å². The average molecular weight is 265 g/mol. The van der Waals surface area contributed by atoms with Crippen molar-refractivity contribution in [2.75, 3.05) is 17.2 Å². The number of nitrogens with zero attached hydrogens (tertiary/aromatic N) is 2. The fraction of sp³-hybridized carbons (Fsp3) is 0.417. The van der Waals surface area contributed by atoms with E-state index >= 15 is 0 Å². The first-order valence-electron chi connectivity index (χ1n) is 5.94. The van der Waals surface area contributed by atoms with Crippen LogP contribution in [0.4, 0.5) is 5.69 Å². The fourth-order valence-corrected chi connectivity index (χ4v) is 4.37. The van der Waals surface area contributed by atoms with Gasteiger partial charge < -0.3 is 10.3 Å². The zero-order chi connectivity index (χ0) is 12.8. The van der Waals surface area contributed by atoms with Gasteiger partial charge in [0.05, 0.1) is 28.9 Å². The van der Waals surface area contributed by atoms with Crippen molar-refractivity contribution in [2.24, 2.45) is 5.92 Å². The molecule has 1 aliphatic heterocycles. The van der Waals surface area contributed by atoms with Crippen LogP contribution < -0.4 is 5.73 Å². The Hall–Kier alpha value is -1.56. The molecule has 5 nitrogen and oxygen atoms in total. The Bertz CT molecular complexity index is 690. The van der Waals surface area contributed by atoms with Gasteiger partial charge in [-0.15, -0.1) is 0 Å². The number of imidazole rings is 1. The van der Waals surface area contributed by atoms with E-state index in [2.05, 4.69) is 4.98 Å². The Morgan fingerprint density at radius 3 is 3.00 bits per heavy atom. The summed E-state index contributed by atoms with van der Waals surface area (Å²) in [5.74, 6) is 0.809. The predicted octanol–water partition coefficient (Wildman–Crippen LogP) is 1.05. The monoisotopic (exact) mass is 265 g/mol. The molecule has 0 amide bonds. The van der Waals surface area contributed by atoms with Crippen molar-refractivity contribution in [3.8, 4) is 0 Å². The molecular weight excluding hydrogens is 250 g/mol. The van der Waals surface area contributed by atoms with Crippen LogP contribution in [-0.2, 0) is 16.4 Å². The summed E-state index contributed by atoms with van der Waals surface area (Å²) in [6.07, 6.45) is 2.51. The zero-order valence-corrected chi connectivity index (χ0v) is 10.7. The summed E-state index contributed by atoms with van der Waals surface area (Å²) in [4.78, 5) is 4.29. The van der Waals surface area contributed by atoms with Gasteiger partial charge in [0.1, 0.15) is 0 Å². The quantitative estimate of drug-likeness (QED) is 0.823. The lowest BCUT2D eigenvalue weighted by atomic mass is 10.1. The average Bonchev–Trinajstić information content (AvgIpc) is 2.83. The maximum atomic E-state index is 11.4. The lowest BCUT2D eigenvalue weighted by Gasteiger charge is -2.09. The van der Waals surface area contributed by atoms with Gasteiger partial charge in [-0.2, -0.15) is 0 Å². The first kappa shape index (κ1) is 11.5. The first-order valence-corrected chi connectivity index (χ1v) is 7.76. The molecule has 1 aliphatic rings. The number of benzene rings is 1. The lowest BCUT2D eigenvalue weighted by Crippen LogP contribution is -2.11. The van der Waals surface area contributed by atoms with Gasteiger partial charge in [-0.05, 0) is 30.5 Å². The Labute approximate surface area is 106 Å². The van der Waals surface area contributed by atoms with Crippen molar-refractivity contribution in [1.82, 2.24) is 9.55 Å². The minimum Gasteiger partial charge on any atom is -0.399 e. The van der Waals surface area contributed by atoms with Crippen LogP contribution in [0.3, 0.4) is 0 Å². The molecule has 1 saturated heterocycles. The number of fused-ring (bicyclic) bond motifs is 1. The number of hydrogen-bond donors (Lipinski definition) is 1. The van der Waals surface area contributed by atoms with E-state index in [-0.39, 0.29) is 5.92 Å². The molecule has 1 unspecified atom stereocenters. The van der Waals surface area contributed by atoms with E-state index in [0.717, 1.165) is 17.5 Å². The van der Waals surface area contributed by atoms with Gasteiger partial charge in [-0.25, -0.2) is 13.4 Å². The number of aromatic nitrogens is 2. The zero-order valence-electron chi connectivity index (χ0n) is 9.91. The number of sulfone groups is 1. The summed E-state index contributed by atoms with van der Waals surface area (Å²) < 4.78 is 24.9. The minimum atomic E-state index is -2.81. The molecule has 2 N–H and O–H groups in total. The summed E-state index contributed by atoms with van der Waals surface area (Å²) in [7, 11) is -2.81. The standard InChI is InChI=1S/C12H15N3O2S/c13-10-1-2-12-11(5-10)14-8-15(12)6-9-3-4-18(16,17)7-9/h1-2,5,8-9H,3-4,6-7,13H2. The van der Waals surface area contributed by atoms with Crippen LogP contribution in [0.1, 0.15) is 6.42 Å². The van der Waals surface area contributed by atoms with E-state index < -0.39 is 9.84 Å². The SMILES string of the molecule is Nc1ccc2c(c1)ncn2CC1CCS(=O)(=O)C1. The van der Waals surface area contributed by atoms with Crippen molar-refractivity contribution < 1.29 is 8.42 Å². The molecule has 1 aromatic heterocycles. The van der Waals surface area contributed by atoms with Crippen molar-refractivity contribution in [3.63, 3.8) is 0 Å². The van der Waals surface area contributed by atoms with Gasteiger partial charge >= 0.3 is 0 Å². The lowest BCUT2D eigenvalue weighted by molar-refractivity contribution is 0.498. The maximum absolute atomic E-state index is 11.4. The molecule has 18 heavy (non-hydrogen) atoms. The molecule has 0 bridgehead atoms. The summed E-state index contributed by atoms with van der Waals surface area (Å²) in [6, 6.07) is 5.60. The number of anilines is 1. The molecule has 2 heterocycles.